The van der Waals surface area contributed by atoms with E-state index in [1.165, 1.54) is 0 Å². The SMILES string of the molecule is CNCC(C(=O)NCc1ccccc1Br)C(C)C. The van der Waals surface area contributed by atoms with Crippen LogP contribution in [0.2, 0.25) is 0 Å². The molecule has 0 aliphatic heterocycles. The highest BCUT2D eigenvalue weighted by molar-refractivity contribution is 9.10. The van der Waals surface area contributed by atoms with Gasteiger partial charge in [-0.05, 0) is 24.6 Å². The normalized spacial score (nSPS) is 12.5. The van der Waals surface area contributed by atoms with Crippen LogP contribution in [-0.2, 0) is 11.3 Å². The average Bonchev–Trinajstić information content (AvgIpc) is 2.34. The van der Waals surface area contributed by atoms with Gasteiger partial charge in [0.05, 0.1) is 5.92 Å². The first kappa shape index (κ1) is 15.2. The topological polar surface area (TPSA) is 41.1 Å². The van der Waals surface area contributed by atoms with E-state index in [9.17, 15) is 4.79 Å². The van der Waals surface area contributed by atoms with Crippen LogP contribution >= 0.6 is 15.9 Å². The minimum atomic E-state index is 0.0116. The first-order valence-corrected chi connectivity index (χ1v) is 7.01. The lowest BCUT2D eigenvalue weighted by Gasteiger charge is -2.20. The number of nitrogens with one attached hydrogen (secondary N) is 2. The Hall–Kier alpha value is -0.870. The molecule has 0 aromatic heterocycles. The number of carbonyl (C=O) groups is 1. The zero-order valence-corrected chi connectivity index (χ0v) is 12.8. The van der Waals surface area contributed by atoms with Gasteiger partial charge < -0.3 is 10.6 Å². The largest absolute Gasteiger partial charge is 0.352 e. The van der Waals surface area contributed by atoms with E-state index in [4.69, 9.17) is 0 Å². The summed E-state index contributed by atoms with van der Waals surface area (Å²) in [6.07, 6.45) is 0. The van der Waals surface area contributed by atoms with E-state index in [2.05, 4.69) is 40.4 Å². The number of benzene rings is 1. The van der Waals surface area contributed by atoms with Crippen molar-refractivity contribution in [2.24, 2.45) is 11.8 Å². The molecule has 1 unspecified atom stereocenters. The highest BCUT2D eigenvalue weighted by Gasteiger charge is 2.20. The quantitative estimate of drug-likeness (QED) is 0.847. The smallest absolute Gasteiger partial charge is 0.224 e. The van der Waals surface area contributed by atoms with Gasteiger partial charge in [0.1, 0.15) is 0 Å². The molecule has 100 valence electrons. The van der Waals surface area contributed by atoms with Crippen molar-refractivity contribution in [2.45, 2.75) is 20.4 Å². The predicted molar refractivity (Wildman–Crippen MR) is 78.2 cm³/mol. The highest BCUT2D eigenvalue weighted by atomic mass is 79.9. The second-order valence-corrected chi connectivity index (χ2v) is 5.57. The molecular weight excluding hydrogens is 292 g/mol. The van der Waals surface area contributed by atoms with Gasteiger partial charge in [0.15, 0.2) is 0 Å². The Morgan fingerprint density at radius 3 is 2.56 bits per heavy atom. The molecule has 0 aliphatic carbocycles. The van der Waals surface area contributed by atoms with Crippen molar-refractivity contribution >= 4 is 21.8 Å². The van der Waals surface area contributed by atoms with Crippen molar-refractivity contribution in [3.63, 3.8) is 0 Å². The molecule has 0 saturated heterocycles. The summed E-state index contributed by atoms with van der Waals surface area (Å²) in [6, 6.07) is 7.93. The Balaban J connectivity index is 2.57. The molecule has 1 aromatic carbocycles. The fourth-order valence-corrected chi connectivity index (χ4v) is 2.23. The number of halogens is 1. The molecule has 0 heterocycles. The number of amides is 1. The second kappa shape index (κ2) is 7.54. The standard InChI is InChI=1S/C14H21BrN2O/c1-10(2)12(9-16-3)14(18)17-8-11-6-4-5-7-13(11)15/h4-7,10,12,16H,8-9H2,1-3H3,(H,17,18). The van der Waals surface area contributed by atoms with Crippen molar-refractivity contribution < 1.29 is 4.79 Å². The van der Waals surface area contributed by atoms with E-state index < -0.39 is 0 Å². The molecule has 18 heavy (non-hydrogen) atoms. The fraction of sp³-hybridized carbons (Fsp3) is 0.500. The third kappa shape index (κ3) is 4.42. The number of hydrogen-bond acceptors (Lipinski definition) is 2. The highest BCUT2D eigenvalue weighted by Crippen LogP contribution is 2.16. The van der Waals surface area contributed by atoms with Gasteiger partial charge in [-0.1, -0.05) is 48.0 Å². The summed E-state index contributed by atoms with van der Waals surface area (Å²) >= 11 is 3.48. The zero-order chi connectivity index (χ0) is 13.5. The van der Waals surface area contributed by atoms with Crippen LogP contribution in [0.4, 0.5) is 0 Å². The minimum Gasteiger partial charge on any atom is -0.352 e. The monoisotopic (exact) mass is 312 g/mol. The third-order valence-electron chi connectivity index (χ3n) is 2.98. The number of hydrogen-bond donors (Lipinski definition) is 2. The number of carbonyl (C=O) groups excluding carboxylic acids is 1. The Morgan fingerprint density at radius 1 is 1.33 bits per heavy atom. The van der Waals surface area contributed by atoms with Gasteiger partial charge in [0.25, 0.3) is 0 Å². The Morgan fingerprint density at radius 2 is 2.00 bits per heavy atom. The van der Waals surface area contributed by atoms with Crippen molar-refractivity contribution in [3.05, 3.63) is 34.3 Å². The molecule has 3 nitrogen and oxygen atoms in total. The average molecular weight is 313 g/mol. The van der Waals surface area contributed by atoms with Gasteiger partial charge >= 0.3 is 0 Å². The molecule has 1 amide bonds. The lowest BCUT2D eigenvalue weighted by molar-refractivity contribution is -0.126. The van der Waals surface area contributed by atoms with E-state index in [0.717, 1.165) is 10.0 Å². The van der Waals surface area contributed by atoms with Crippen molar-refractivity contribution in [1.82, 2.24) is 10.6 Å². The van der Waals surface area contributed by atoms with E-state index >= 15 is 0 Å². The van der Waals surface area contributed by atoms with Crippen molar-refractivity contribution in [1.29, 1.82) is 0 Å². The maximum Gasteiger partial charge on any atom is 0.224 e. The van der Waals surface area contributed by atoms with Crippen LogP contribution in [0.1, 0.15) is 19.4 Å². The summed E-state index contributed by atoms with van der Waals surface area (Å²) in [5.74, 6) is 0.448. The van der Waals surface area contributed by atoms with Crippen molar-refractivity contribution in [2.75, 3.05) is 13.6 Å². The maximum absolute atomic E-state index is 12.1. The zero-order valence-electron chi connectivity index (χ0n) is 11.2. The summed E-state index contributed by atoms with van der Waals surface area (Å²) in [6.45, 7) is 5.41. The van der Waals surface area contributed by atoms with Gasteiger partial charge in [-0.2, -0.15) is 0 Å². The van der Waals surface area contributed by atoms with E-state index in [0.29, 0.717) is 19.0 Å². The van der Waals surface area contributed by atoms with Crippen LogP contribution in [0, 0.1) is 11.8 Å². The van der Waals surface area contributed by atoms with E-state index in [1.54, 1.807) is 0 Å². The molecular formula is C14H21BrN2O. The molecule has 4 heteroatoms. The Bertz CT molecular complexity index is 393. The third-order valence-corrected chi connectivity index (χ3v) is 3.75. The maximum atomic E-state index is 12.1. The first-order valence-electron chi connectivity index (χ1n) is 6.22. The summed E-state index contributed by atoms with van der Waals surface area (Å²) in [5, 5.41) is 6.07. The fourth-order valence-electron chi connectivity index (χ4n) is 1.81. The molecule has 0 bridgehead atoms. The summed E-state index contributed by atoms with van der Waals surface area (Å²) in [7, 11) is 1.87. The van der Waals surface area contributed by atoms with Crippen LogP contribution in [0.25, 0.3) is 0 Å². The summed E-state index contributed by atoms with van der Waals surface area (Å²) in [5.41, 5.74) is 1.10. The summed E-state index contributed by atoms with van der Waals surface area (Å²) < 4.78 is 1.03. The van der Waals surface area contributed by atoms with Gasteiger partial charge in [-0.15, -0.1) is 0 Å². The molecule has 1 rings (SSSR count). The van der Waals surface area contributed by atoms with Crippen LogP contribution in [0.5, 0.6) is 0 Å². The molecule has 2 N–H and O–H groups in total. The van der Waals surface area contributed by atoms with Gasteiger partial charge in [0, 0.05) is 17.6 Å². The second-order valence-electron chi connectivity index (χ2n) is 4.72. The molecule has 0 radical (unpaired) electrons. The van der Waals surface area contributed by atoms with Crippen LogP contribution < -0.4 is 10.6 Å². The first-order chi connectivity index (χ1) is 8.56. The lowest BCUT2D eigenvalue weighted by atomic mass is 9.95. The predicted octanol–water partition coefficient (Wildman–Crippen LogP) is 2.56. The van der Waals surface area contributed by atoms with Gasteiger partial charge in [-0.3, -0.25) is 4.79 Å². The summed E-state index contributed by atoms with van der Waals surface area (Å²) in [4.78, 5) is 12.1. The molecule has 1 atom stereocenters. The molecule has 1 aromatic rings. The Kier molecular flexibility index (Phi) is 6.36. The van der Waals surface area contributed by atoms with Crippen LogP contribution in [0.3, 0.4) is 0 Å². The molecule has 0 fully saturated rings. The van der Waals surface area contributed by atoms with Gasteiger partial charge in [0.2, 0.25) is 5.91 Å². The van der Waals surface area contributed by atoms with Crippen LogP contribution in [0.15, 0.2) is 28.7 Å². The number of rotatable bonds is 6. The van der Waals surface area contributed by atoms with E-state index in [-0.39, 0.29) is 11.8 Å². The van der Waals surface area contributed by atoms with E-state index in [1.807, 2.05) is 31.3 Å². The van der Waals surface area contributed by atoms with Crippen molar-refractivity contribution in [3.8, 4) is 0 Å². The van der Waals surface area contributed by atoms with Gasteiger partial charge in [-0.25, -0.2) is 0 Å². The Labute approximate surface area is 117 Å². The molecule has 0 spiro atoms. The molecule has 0 saturated carbocycles. The molecule has 0 aliphatic rings. The lowest BCUT2D eigenvalue weighted by Crippen LogP contribution is -2.38. The van der Waals surface area contributed by atoms with Crippen LogP contribution in [-0.4, -0.2) is 19.5 Å². The minimum absolute atomic E-state index is 0.0116.